The van der Waals surface area contributed by atoms with Gasteiger partial charge in [-0.1, -0.05) is 0 Å². The van der Waals surface area contributed by atoms with Crippen LogP contribution in [0.4, 0.5) is 0 Å². The highest BCUT2D eigenvalue weighted by Gasteiger charge is 2.18. The maximum Gasteiger partial charge on any atom is 0.243 e. The summed E-state index contributed by atoms with van der Waals surface area (Å²) in [6.45, 7) is 5.43. The molecule has 6 nitrogen and oxygen atoms in total. The molecule has 1 aliphatic rings. The predicted octanol–water partition coefficient (Wildman–Crippen LogP) is 0.482. The van der Waals surface area contributed by atoms with Gasteiger partial charge in [0.15, 0.2) is 0 Å². The van der Waals surface area contributed by atoms with E-state index in [1.807, 2.05) is 0 Å². The normalized spacial score (nSPS) is 17.4. The summed E-state index contributed by atoms with van der Waals surface area (Å²) in [5.74, 6) is 0. The second-order valence-electron chi connectivity index (χ2n) is 4.66. The van der Waals surface area contributed by atoms with Crippen LogP contribution in [0.5, 0.6) is 0 Å². The Morgan fingerprint density at radius 1 is 1.44 bits per heavy atom. The van der Waals surface area contributed by atoms with Gasteiger partial charge in [0, 0.05) is 6.54 Å². The van der Waals surface area contributed by atoms with E-state index in [9.17, 15) is 8.42 Å². The van der Waals surface area contributed by atoms with Gasteiger partial charge in [-0.2, -0.15) is 5.10 Å². The summed E-state index contributed by atoms with van der Waals surface area (Å²) in [7, 11) is -3.41. The van der Waals surface area contributed by atoms with Crippen LogP contribution in [0.3, 0.4) is 0 Å². The average Bonchev–Trinajstić information content (AvgIpc) is 2.95. The summed E-state index contributed by atoms with van der Waals surface area (Å²) in [6, 6.07) is 0. The van der Waals surface area contributed by atoms with Crippen molar-refractivity contribution < 1.29 is 8.42 Å². The number of hydrogen-bond donors (Lipinski definition) is 2. The number of nitrogens with one attached hydrogen (secondary N) is 2. The number of aromatic amines is 1. The molecule has 0 amide bonds. The zero-order valence-electron chi connectivity index (χ0n) is 10.6. The van der Waals surface area contributed by atoms with Crippen LogP contribution >= 0.6 is 0 Å². The summed E-state index contributed by atoms with van der Waals surface area (Å²) in [4.78, 5) is 2.61. The lowest BCUT2D eigenvalue weighted by Gasteiger charge is -2.14. The molecule has 7 heteroatoms. The zero-order valence-corrected chi connectivity index (χ0v) is 11.5. The number of aromatic nitrogens is 2. The van der Waals surface area contributed by atoms with Crippen LogP contribution < -0.4 is 4.72 Å². The lowest BCUT2D eigenvalue weighted by atomic mass is 10.4. The number of aryl methyl sites for hydroxylation is 1. The molecule has 0 unspecified atom stereocenters. The van der Waals surface area contributed by atoms with Gasteiger partial charge in [-0.3, -0.25) is 5.10 Å². The molecule has 1 aromatic heterocycles. The first-order chi connectivity index (χ1) is 8.59. The fourth-order valence-corrected chi connectivity index (χ4v) is 3.41. The van der Waals surface area contributed by atoms with Crippen molar-refractivity contribution in [3.63, 3.8) is 0 Å². The van der Waals surface area contributed by atoms with Gasteiger partial charge in [-0.05, 0) is 45.8 Å². The van der Waals surface area contributed by atoms with Crippen molar-refractivity contribution in [2.45, 2.75) is 31.1 Å². The molecule has 1 aromatic rings. The van der Waals surface area contributed by atoms with Crippen LogP contribution in [0.15, 0.2) is 11.1 Å². The van der Waals surface area contributed by atoms with Crippen molar-refractivity contribution >= 4 is 10.0 Å². The number of hydrogen-bond acceptors (Lipinski definition) is 4. The van der Waals surface area contributed by atoms with Gasteiger partial charge >= 0.3 is 0 Å². The van der Waals surface area contributed by atoms with Gasteiger partial charge in [0.1, 0.15) is 4.90 Å². The summed E-state index contributed by atoms with van der Waals surface area (Å²) in [6.07, 6.45) is 4.72. The van der Waals surface area contributed by atoms with Crippen molar-refractivity contribution in [2.75, 3.05) is 26.2 Å². The van der Waals surface area contributed by atoms with E-state index in [1.165, 1.54) is 19.0 Å². The topological polar surface area (TPSA) is 78.1 Å². The van der Waals surface area contributed by atoms with E-state index >= 15 is 0 Å². The molecular formula is C11H20N4O2S. The maximum atomic E-state index is 11.9. The molecule has 0 bridgehead atoms. The highest BCUT2D eigenvalue weighted by molar-refractivity contribution is 7.89. The Balaban J connectivity index is 1.77. The maximum absolute atomic E-state index is 11.9. The van der Waals surface area contributed by atoms with E-state index in [0.29, 0.717) is 12.2 Å². The third kappa shape index (κ3) is 3.30. The monoisotopic (exact) mass is 272 g/mol. The van der Waals surface area contributed by atoms with Gasteiger partial charge in [-0.25, -0.2) is 13.1 Å². The van der Waals surface area contributed by atoms with E-state index in [-0.39, 0.29) is 4.90 Å². The lowest BCUT2D eigenvalue weighted by molar-refractivity contribution is 0.334. The van der Waals surface area contributed by atoms with Crippen molar-refractivity contribution in [2.24, 2.45) is 0 Å². The Kier molecular flexibility index (Phi) is 4.36. The van der Waals surface area contributed by atoms with Crippen LogP contribution in [0.25, 0.3) is 0 Å². The Hall–Kier alpha value is -0.920. The fraction of sp³-hybridized carbons (Fsp3) is 0.727. The van der Waals surface area contributed by atoms with E-state index in [4.69, 9.17) is 0 Å². The van der Waals surface area contributed by atoms with Crippen molar-refractivity contribution in [3.05, 3.63) is 11.9 Å². The molecule has 2 rings (SSSR count). The van der Waals surface area contributed by atoms with Gasteiger partial charge < -0.3 is 4.90 Å². The smallest absolute Gasteiger partial charge is 0.243 e. The minimum atomic E-state index is -3.41. The number of nitrogens with zero attached hydrogens (tertiary/aromatic N) is 2. The van der Waals surface area contributed by atoms with E-state index in [0.717, 1.165) is 26.1 Å². The van der Waals surface area contributed by atoms with Crippen LogP contribution in [-0.4, -0.2) is 49.7 Å². The number of likely N-dealkylation sites (tertiary alicyclic amines) is 1. The summed E-state index contributed by atoms with van der Waals surface area (Å²) in [5.41, 5.74) is 0.571. The first-order valence-electron chi connectivity index (χ1n) is 6.31. The third-order valence-corrected chi connectivity index (χ3v) is 4.79. The van der Waals surface area contributed by atoms with Gasteiger partial charge in [0.25, 0.3) is 0 Å². The van der Waals surface area contributed by atoms with Crippen LogP contribution in [-0.2, 0) is 10.0 Å². The van der Waals surface area contributed by atoms with Crippen LogP contribution in [0.1, 0.15) is 25.0 Å². The SMILES string of the molecule is Cc1[nH]ncc1S(=O)(=O)NCCCN1CCCC1. The summed E-state index contributed by atoms with van der Waals surface area (Å²) in [5, 5.41) is 6.36. The van der Waals surface area contributed by atoms with Gasteiger partial charge in [0.05, 0.1) is 11.9 Å². The van der Waals surface area contributed by atoms with Crippen molar-refractivity contribution in [1.82, 2.24) is 19.8 Å². The Morgan fingerprint density at radius 2 is 2.17 bits per heavy atom. The molecule has 1 fully saturated rings. The molecule has 0 atom stereocenters. The van der Waals surface area contributed by atoms with Crippen molar-refractivity contribution in [1.29, 1.82) is 0 Å². The Labute approximate surface area is 108 Å². The molecule has 0 spiro atoms. The number of H-pyrrole nitrogens is 1. The number of rotatable bonds is 6. The molecule has 0 saturated carbocycles. The fourth-order valence-electron chi connectivity index (χ4n) is 2.20. The molecule has 18 heavy (non-hydrogen) atoms. The number of sulfonamides is 1. The van der Waals surface area contributed by atoms with Gasteiger partial charge in [0.2, 0.25) is 10.0 Å². The summed E-state index contributed by atoms with van der Waals surface area (Å²) >= 11 is 0. The molecular weight excluding hydrogens is 252 g/mol. The highest BCUT2D eigenvalue weighted by Crippen LogP contribution is 2.11. The average molecular weight is 272 g/mol. The lowest BCUT2D eigenvalue weighted by Crippen LogP contribution is -2.28. The van der Waals surface area contributed by atoms with Crippen molar-refractivity contribution in [3.8, 4) is 0 Å². The van der Waals surface area contributed by atoms with E-state index in [1.54, 1.807) is 6.92 Å². The van der Waals surface area contributed by atoms with E-state index < -0.39 is 10.0 Å². The third-order valence-electron chi connectivity index (χ3n) is 3.22. The molecule has 0 aromatic carbocycles. The molecule has 1 saturated heterocycles. The first-order valence-corrected chi connectivity index (χ1v) is 7.80. The molecule has 2 heterocycles. The first kappa shape index (κ1) is 13.5. The minimum absolute atomic E-state index is 0.240. The van der Waals surface area contributed by atoms with Gasteiger partial charge in [-0.15, -0.1) is 0 Å². The molecule has 102 valence electrons. The predicted molar refractivity (Wildman–Crippen MR) is 68.8 cm³/mol. The molecule has 0 radical (unpaired) electrons. The Bertz CT molecular complexity index is 477. The van der Waals surface area contributed by atoms with E-state index in [2.05, 4.69) is 19.8 Å². The Morgan fingerprint density at radius 3 is 2.78 bits per heavy atom. The largest absolute Gasteiger partial charge is 0.303 e. The second-order valence-corrected chi connectivity index (χ2v) is 6.39. The zero-order chi connectivity index (χ0) is 13.0. The standard InChI is InChI=1S/C11H20N4O2S/c1-10-11(9-12-14-10)18(16,17)13-5-4-8-15-6-2-3-7-15/h9,13H,2-8H2,1H3,(H,12,14). The highest BCUT2D eigenvalue weighted by atomic mass is 32.2. The quantitative estimate of drug-likeness (QED) is 0.738. The molecule has 0 aliphatic carbocycles. The molecule has 1 aliphatic heterocycles. The van der Waals surface area contributed by atoms with Crippen LogP contribution in [0, 0.1) is 6.92 Å². The molecule has 2 N–H and O–H groups in total. The second kappa shape index (κ2) is 5.81. The summed E-state index contributed by atoms with van der Waals surface area (Å²) < 4.78 is 26.5. The minimum Gasteiger partial charge on any atom is -0.303 e. The van der Waals surface area contributed by atoms with Crippen LogP contribution in [0.2, 0.25) is 0 Å².